The van der Waals surface area contributed by atoms with Crippen molar-refractivity contribution in [2.24, 2.45) is 5.73 Å². The van der Waals surface area contributed by atoms with E-state index >= 15 is 0 Å². The highest BCUT2D eigenvalue weighted by molar-refractivity contribution is 5.97. The van der Waals surface area contributed by atoms with Crippen LogP contribution in [0.5, 0.6) is 0 Å². The first kappa shape index (κ1) is 14.6. The van der Waals surface area contributed by atoms with E-state index in [1.807, 2.05) is 0 Å². The molecule has 0 bridgehead atoms. The van der Waals surface area contributed by atoms with Crippen LogP contribution in [0.1, 0.15) is 15.9 Å². The van der Waals surface area contributed by atoms with Gasteiger partial charge in [-0.2, -0.15) is 0 Å². The smallest absolute Gasteiger partial charge is 0.253 e. The Balaban J connectivity index is 2.07. The molecule has 0 spiro atoms. The number of carbonyl (C=O) groups excluding carboxylic acids is 2. The molecule has 0 saturated heterocycles. The molecule has 0 fully saturated rings. The molecule has 108 valence electrons. The van der Waals surface area contributed by atoms with Crippen LogP contribution in [-0.2, 0) is 11.2 Å². The molecule has 2 amide bonds. The first-order valence-corrected chi connectivity index (χ1v) is 6.31. The first-order chi connectivity index (χ1) is 10.1. The number of primary amides is 1. The third-order valence-corrected chi connectivity index (χ3v) is 2.93. The van der Waals surface area contributed by atoms with Crippen LogP contribution in [0.25, 0.3) is 0 Å². The number of benzene rings is 1. The lowest BCUT2D eigenvalue weighted by Gasteiger charge is -2.15. The van der Waals surface area contributed by atoms with E-state index in [1.54, 1.807) is 30.5 Å². The summed E-state index contributed by atoms with van der Waals surface area (Å²) in [5.41, 5.74) is 6.33. The zero-order chi connectivity index (χ0) is 15.2. The third-order valence-electron chi connectivity index (χ3n) is 2.93. The minimum absolute atomic E-state index is 0.196. The molecule has 1 aromatic heterocycles. The van der Waals surface area contributed by atoms with Crippen molar-refractivity contribution in [3.05, 3.63) is 65.7 Å². The number of nitrogens with one attached hydrogen (secondary N) is 1. The Morgan fingerprint density at radius 2 is 1.95 bits per heavy atom. The summed E-state index contributed by atoms with van der Waals surface area (Å²) in [6.07, 6.45) is 3.13. The number of hydrogen-bond donors (Lipinski definition) is 2. The fourth-order valence-corrected chi connectivity index (χ4v) is 1.82. The maximum Gasteiger partial charge on any atom is 0.253 e. The van der Waals surface area contributed by atoms with Crippen LogP contribution >= 0.6 is 0 Å². The Hall–Kier alpha value is -2.76. The lowest BCUT2D eigenvalue weighted by Crippen LogP contribution is -2.45. The predicted octanol–water partition coefficient (Wildman–Crippen LogP) is 1.05. The lowest BCUT2D eigenvalue weighted by molar-refractivity contribution is -0.119. The largest absolute Gasteiger partial charge is 0.368 e. The highest BCUT2D eigenvalue weighted by Crippen LogP contribution is 2.07. The van der Waals surface area contributed by atoms with Crippen LogP contribution in [0.15, 0.2) is 48.8 Å². The van der Waals surface area contributed by atoms with Gasteiger partial charge in [0.1, 0.15) is 11.9 Å². The van der Waals surface area contributed by atoms with Gasteiger partial charge in [-0.15, -0.1) is 0 Å². The molecule has 2 aromatic rings. The van der Waals surface area contributed by atoms with Gasteiger partial charge in [-0.25, -0.2) is 4.39 Å². The molecule has 0 aliphatic rings. The molecular formula is C15H14FN3O2. The zero-order valence-corrected chi connectivity index (χ0v) is 11.1. The maximum absolute atomic E-state index is 12.8. The van der Waals surface area contributed by atoms with Crippen molar-refractivity contribution in [3.8, 4) is 0 Å². The van der Waals surface area contributed by atoms with Gasteiger partial charge in [-0.1, -0.05) is 12.1 Å². The molecule has 6 heteroatoms. The highest BCUT2D eigenvalue weighted by atomic mass is 19.1. The molecule has 3 N–H and O–H groups in total. The number of hydrogen-bond acceptors (Lipinski definition) is 3. The second-order valence-corrected chi connectivity index (χ2v) is 4.50. The predicted molar refractivity (Wildman–Crippen MR) is 74.8 cm³/mol. The zero-order valence-electron chi connectivity index (χ0n) is 11.1. The SMILES string of the molecule is NC(=O)[C@@H](Cc1ccc(F)cc1)NC(=O)c1cccnc1. The van der Waals surface area contributed by atoms with Gasteiger partial charge in [0, 0.05) is 18.8 Å². The quantitative estimate of drug-likeness (QED) is 0.862. The van der Waals surface area contributed by atoms with Crippen LogP contribution in [0.4, 0.5) is 4.39 Å². The number of rotatable bonds is 5. The second-order valence-electron chi connectivity index (χ2n) is 4.50. The number of carbonyl (C=O) groups is 2. The fraction of sp³-hybridized carbons (Fsp3) is 0.133. The van der Waals surface area contributed by atoms with Crippen LogP contribution in [0, 0.1) is 5.82 Å². The molecule has 0 unspecified atom stereocenters. The number of nitrogens with zero attached hydrogens (tertiary/aromatic N) is 1. The van der Waals surface area contributed by atoms with Crippen molar-refractivity contribution >= 4 is 11.8 Å². The average Bonchev–Trinajstić information content (AvgIpc) is 2.49. The van der Waals surface area contributed by atoms with Gasteiger partial charge >= 0.3 is 0 Å². The van der Waals surface area contributed by atoms with Gasteiger partial charge in [-0.3, -0.25) is 14.6 Å². The van der Waals surface area contributed by atoms with Crippen molar-refractivity contribution in [1.82, 2.24) is 10.3 Å². The van der Waals surface area contributed by atoms with Crippen LogP contribution in [-0.4, -0.2) is 22.8 Å². The first-order valence-electron chi connectivity index (χ1n) is 6.31. The minimum atomic E-state index is -0.872. The van der Waals surface area contributed by atoms with Crippen LogP contribution in [0.3, 0.4) is 0 Å². The Kier molecular flexibility index (Phi) is 4.61. The molecule has 0 radical (unpaired) electrons. The van der Waals surface area contributed by atoms with Crippen LogP contribution < -0.4 is 11.1 Å². The van der Waals surface area contributed by atoms with E-state index in [2.05, 4.69) is 10.3 Å². The molecule has 21 heavy (non-hydrogen) atoms. The number of halogens is 1. The Labute approximate surface area is 121 Å². The molecule has 1 aromatic carbocycles. The van der Waals surface area contributed by atoms with Crippen molar-refractivity contribution in [3.63, 3.8) is 0 Å². The topological polar surface area (TPSA) is 85.1 Å². The minimum Gasteiger partial charge on any atom is -0.368 e. The van der Waals surface area contributed by atoms with E-state index in [0.29, 0.717) is 11.1 Å². The molecule has 0 aliphatic heterocycles. The molecule has 5 nitrogen and oxygen atoms in total. The Morgan fingerprint density at radius 3 is 2.52 bits per heavy atom. The van der Waals surface area contributed by atoms with Gasteiger partial charge in [0.25, 0.3) is 5.91 Å². The molecule has 0 saturated carbocycles. The van der Waals surface area contributed by atoms with Crippen LogP contribution in [0.2, 0.25) is 0 Å². The van der Waals surface area contributed by atoms with E-state index in [1.165, 1.54) is 18.3 Å². The summed E-state index contributed by atoms with van der Waals surface area (Å²) >= 11 is 0. The molecule has 1 heterocycles. The van der Waals surface area contributed by atoms with Crippen molar-refractivity contribution < 1.29 is 14.0 Å². The molecule has 0 aliphatic carbocycles. The van der Waals surface area contributed by atoms with E-state index in [-0.39, 0.29) is 12.2 Å². The maximum atomic E-state index is 12.8. The van der Waals surface area contributed by atoms with Gasteiger partial charge in [-0.05, 0) is 29.8 Å². The fourth-order valence-electron chi connectivity index (χ4n) is 1.82. The summed E-state index contributed by atoms with van der Waals surface area (Å²) in [7, 11) is 0. The summed E-state index contributed by atoms with van der Waals surface area (Å²) < 4.78 is 12.8. The van der Waals surface area contributed by atoms with Gasteiger partial charge < -0.3 is 11.1 Å². The third kappa shape index (κ3) is 4.10. The summed E-state index contributed by atoms with van der Waals surface area (Å²) in [5.74, 6) is -1.46. The highest BCUT2D eigenvalue weighted by Gasteiger charge is 2.19. The molecular weight excluding hydrogens is 273 g/mol. The monoisotopic (exact) mass is 287 g/mol. The van der Waals surface area contributed by atoms with Gasteiger partial charge in [0.2, 0.25) is 5.91 Å². The average molecular weight is 287 g/mol. The van der Waals surface area contributed by atoms with E-state index in [4.69, 9.17) is 5.73 Å². The van der Waals surface area contributed by atoms with E-state index in [0.717, 1.165) is 0 Å². The summed E-state index contributed by atoms with van der Waals surface area (Å²) in [6, 6.07) is 7.99. The van der Waals surface area contributed by atoms with Gasteiger partial charge in [0.05, 0.1) is 5.56 Å². The van der Waals surface area contributed by atoms with Crippen molar-refractivity contribution in [2.75, 3.05) is 0 Å². The standard InChI is InChI=1S/C15H14FN3O2/c16-12-5-3-10(4-6-12)8-13(14(17)20)19-15(21)11-2-1-7-18-9-11/h1-7,9,13H,8H2,(H2,17,20)(H,19,21)/t13-/m1/s1. The number of nitrogens with two attached hydrogens (primary N) is 1. The Morgan fingerprint density at radius 1 is 1.24 bits per heavy atom. The summed E-state index contributed by atoms with van der Waals surface area (Å²) in [4.78, 5) is 27.3. The molecule has 1 atom stereocenters. The molecule has 2 rings (SSSR count). The number of aromatic nitrogens is 1. The number of pyridine rings is 1. The van der Waals surface area contributed by atoms with E-state index < -0.39 is 17.9 Å². The lowest BCUT2D eigenvalue weighted by atomic mass is 10.0. The van der Waals surface area contributed by atoms with Crippen molar-refractivity contribution in [1.29, 1.82) is 0 Å². The second kappa shape index (κ2) is 6.60. The van der Waals surface area contributed by atoms with Crippen molar-refractivity contribution in [2.45, 2.75) is 12.5 Å². The summed E-state index contributed by atoms with van der Waals surface area (Å²) in [5, 5.41) is 2.55. The Bertz CT molecular complexity index is 629. The van der Waals surface area contributed by atoms with Gasteiger partial charge in [0.15, 0.2) is 0 Å². The summed E-state index contributed by atoms with van der Waals surface area (Å²) in [6.45, 7) is 0. The normalized spacial score (nSPS) is 11.7. The van der Waals surface area contributed by atoms with E-state index in [9.17, 15) is 14.0 Å². The number of amides is 2.